The largest absolute Gasteiger partial charge is 0.489 e. The highest BCUT2D eigenvalue weighted by atomic mass is 35.5. The first-order valence-corrected chi connectivity index (χ1v) is 14.7. The van der Waals surface area contributed by atoms with Crippen LogP contribution in [0, 0.1) is 28.1 Å². The molecule has 2 aromatic carbocycles. The first-order chi connectivity index (χ1) is 19.1. The summed E-state index contributed by atoms with van der Waals surface area (Å²) in [5.74, 6) is 1.03. The number of hydrogen-bond donors (Lipinski definition) is 1. The van der Waals surface area contributed by atoms with Crippen LogP contribution in [0.2, 0.25) is 5.02 Å². The summed E-state index contributed by atoms with van der Waals surface area (Å²) in [5, 5.41) is 12.7. The standard InChI is InChI=1S/C33H42ClN3O4/c1-31(2,3)41-30(39)37-19-22(20-37)10-8-9-21-11-13-23(14-12-21)27(38)36-28-32(4,5)29(33(28,6)7)40-25-16-15-24(18-35)26(34)17-25/h11-17,22,28-29H,8-10,19-20H2,1-7H3,(H,36,38)/t28-,29-. The Bertz CT molecular complexity index is 1300. The van der Waals surface area contributed by atoms with Gasteiger partial charge in [0.25, 0.3) is 5.91 Å². The van der Waals surface area contributed by atoms with E-state index in [0.29, 0.717) is 27.8 Å². The Morgan fingerprint density at radius 2 is 1.71 bits per heavy atom. The normalized spacial score (nSPS) is 21.2. The number of amides is 2. The zero-order valence-corrected chi connectivity index (χ0v) is 26.0. The highest BCUT2D eigenvalue weighted by Crippen LogP contribution is 2.55. The van der Waals surface area contributed by atoms with Gasteiger partial charge in [-0.15, -0.1) is 0 Å². The summed E-state index contributed by atoms with van der Waals surface area (Å²) >= 11 is 6.20. The second-order valence-corrected chi connectivity index (χ2v) is 14.0. The molecule has 0 unspecified atom stereocenters. The molecule has 7 nitrogen and oxygen atoms in total. The van der Waals surface area contributed by atoms with Crippen LogP contribution in [-0.4, -0.2) is 47.7 Å². The molecular formula is C33H42ClN3O4. The molecule has 1 aliphatic carbocycles. The van der Waals surface area contributed by atoms with Crippen molar-refractivity contribution in [2.75, 3.05) is 13.1 Å². The van der Waals surface area contributed by atoms with Crippen LogP contribution in [0.4, 0.5) is 4.79 Å². The number of carbonyl (C=O) groups is 2. The summed E-state index contributed by atoms with van der Waals surface area (Å²) < 4.78 is 11.8. The first kappa shape index (κ1) is 30.7. The minimum Gasteiger partial charge on any atom is -0.489 e. The van der Waals surface area contributed by atoms with Gasteiger partial charge in [-0.25, -0.2) is 4.79 Å². The van der Waals surface area contributed by atoms with Crippen molar-refractivity contribution in [2.24, 2.45) is 16.7 Å². The van der Waals surface area contributed by atoms with E-state index in [9.17, 15) is 9.59 Å². The van der Waals surface area contributed by atoms with Crippen LogP contribution in [-0.2, 0) is 11.2 Å². The Hall–Kier alpha value is -3.24. The lowest BCUT2D eigenvalue weighted by Crippen LogP contribution is -2.74. The Morgan fingerprint density at radius 3 is 2.27 bits per heavy atom. The van der Waals surface area contributed by atoms with E-state index in [1.165, 1.54) is 5.56 Å². The first-order valence-electron chi connectivity index (χ1n) is 14.4. The molecule has 1 saturated carbocycles. The molecule has 2 aromatic rings. The number of ether oxygens (including phenoxy) is 2. The van der Waals surface area contributed by atoms with Crippen molar-refractivity contribution in [3.05, 3.63) is 64.2 Å². The predicted octanol–water partition coefficient (Wildman–Crippen LogP) is 7.01. The summed E-state index contributed by atoms with van der Waals surface area (Å²) in [4.78, 5) is 27.1. The van der Waals surface area contributed by atoms with Gasteiger partial charge in [-0.05, 0) is 75.8 Å². The Balaban J connectivity index is 1.25. The maximum Gasteiger partial charge on any atom is 0.410 e. The number of nitriles is 1. The van der Waals surface area contributed by atoms with Gasteiger partial charge in [0.2, 0.25) is 0 Å². The van der Waals surface area contributed by atoms with E-state index in [1.54, 1.807) is 23.1 Å². The molecule has 41 heavy (non-hydrogen) atoms. The molecule has 2 fully saturated rings. The quantitative estimate of drug-likeness (QED) is 0.363. The molecule has 4 rings (SSSR count). The minimum absolute atomic E-state index is 0.0937. The lowest BCUT2D eigenvalue weighted by Gasteiger charge is -2.63. The lowest BCUT2D eigenvalue weighted by molar-refractivity contribution is -0.164. The number of nitrogens with one attached hydrogen (secondary N) is 1. The molecule has 0 bridgehead atoms. The monoisotopic (exact) mass is 579 g/mol. The van der Waals surface area contributed by atoms with Gasteiger partial charge in [0.1, 0.15) is 23.5 Å². The second-order valence-electron chi connectivity index (χ2n) is 13.6. The number of likely N-dealkylation sites (tertiary alicyclic amines) is 1. The topological polar surface area (TPSA) is 91.7 Å². The number of carbonyl (C=O) groups excluding carboxylic acids is 2. The van der Waals surface area contributed by atoms with E-state index in [1.807, 2.05) is 45.0 Å². The molecule has 1 saturated heterocycles. The van der Waals surface area contributed by atoms with E-state index in [-0.39, 0.29) is 35.0 Å². The van der Waals surface area contributed by atoms with Gasteiger partial charge in [-0.1, -0.05) is 51.4 Å². The molecule has 1 N–H and O–H groups in total. The molecule has 0 radical (unpaired) electrons. The van der Waals surface area contributed by atoms with Gasteiger partial charge in [0.05, 0.1) is 10.6 Å². The highest BCUT2D eigenvalue weighted by Gasteiger charge is 2.64. The van der Waals surface area contributed by atoms with Crippen molar-refractivity contribution in [1.82, 2.24) is 10.2 Å². The van der Waals surface area contributed by atoms with E-state index in [0.717, 1.165) is 32.4 Å². The van der Waals surface area contributed by atoms with Crippen molar-refractivity contribution in [3.63, 3.8) is 0 Å². The van der Waals surface area contributed by atoms with Crippen molar-refractivity contribution < 1.29 is 19.1 Å². The lowest BCUT2D eigenvalue weighted by atomic mass is 9.49. The van der Waals surface area contributed by atoms with E-state index in [2.05, 4.69) is 39.1 Å². The Morgan fingerprint density at radius 1 is 1.07 bits per heavy atom. The molecular weight excluding hydrogens is 538 g/mol. The van der Waals surface area contributed by atoms with Gasteiger partial charge < -0.3 is 19.7 Å². The molecule has 220 valence electrons. The van der Waals surface area contributed by atoms with Crippen molar-refractivity contribution in [2.45, 2.75) is 85.5 Å². The summed E-state index contributed by atoms with van der Waals surface area (Å²) in [5.41, 5.74) is 1.14. The number of nitrogens with zero attached hydrogens (tertiary/aromatic N) is 2. The molecule has 1 heterocycles. The Kier molecular flexibility index (Phi) is 8.66. The fourth-order valence-corrected chi connectivity index (χ4v) is 6.67. The second kappa shape index (κ2) is 11.6. The zero-order valence-electron chi connectivity index (χ0n) is 25.2. The number of aryl methyl sites for hydroxylation is 1. The van der Waals surface area contributed by atoms with Gasteiger partial charge in [-0.3, -0.25) is 4.79 Å². The Labute approximate surface area is 249 Å². The van der Waals surface area contributed by atoms with Crippen LogP contribution in [0.25, 0.3) is 0 Å². The molecule has 2 amide bonds. The maximum atomic E-state index is 13.2. The van der Waals surface area contributed by atoms with Crippen molar-refractivity contribution in [1.29, 1.82) is 5.26 Å². The van der Waals surface area contributed by atoms with Crippen molar-refractivity contribution >= 4 is 23.6 Å². The van der Waals surface area contributed by atoms with Gasteiger partial charge in [0.15, 0.2) is 0 Å². The number of hydrogen-bond acceptors (Lipinski definition) is 5. The molecule has 2 aliphatic rings. The smallest absolute Gasteiger partial charge is 0.410 e. The number of halogens is 1. The minimum atomic E-state index is -0.464. The molecule has 0 atom stereocenters. The van der Waals surface area contributed by atoms with E-state index >= 15 is 0 Å². The summed E-state index contributed by atoms with van der Waals surface area (Å²) in [6, 6.07) is 14.9. The van der Waals surface area contributed by atoms with Gasteiger partial charge in [-0.2, -0.15) is 5.26 Å². The van der Waals surface area contributed by atoms with E-state index < -0.39 is 5.60 Å². The summed E-state index contributed by atoms with van der Waals surface area (Å²) in [7, 11) is 0. The average Bonchev–Trinajstić information content (AvgIpc) is 2.86. The fraction of sp³-hybridized carbons (Fsp3) is 0.545. The number of benzene rings is 2. The third-order valence-corrected chi connectivity index (χ3v) is 8.65. The fourth-order valence-electron chi connectivity index (χ4n) is 6.46. The van der Waals surface area contributed by atoms with Crippen LogP contribution >= 0.6 is 11.6 Å². The highest BCUT2D eigenvalue weighted by molar-refractivity contribution is 6.31. The van der Waals surface area contributed by atoms with Crippen molar-refractivity contribution in [3.8, 4) is 11.8 Å². The SMILES string of the molecule is CC(C)(C)OC(=O)N1CC(CCCc2ccc(C(=O)N[C@H]3C(C)(C)[C@H](Oc4ccc(C#N)c(Cl)c4)C3(C)C)cc2)C1. The third-order valence-electron chi connectivity index (χ3n) is 8.33. The maximum absolute atomic E-state index is 13.2. The zero-order chi connectivity index (χ0) is 30.2. The molecule has 0 spiro atoms. The predicted molar refractivity (Wildman–Crippen MR) is 160 cm³/mol. The van der Waals surface area contributed by atoms with Crippen LogP contribution in [0.1, 0.15) is 82.8 Å². The van der Waals surface area contributed by atoms with Crippen LogP contribution in [0.3, 0.4) is 0 Å². The molecule has 1 aliphatic heterocycles. The van der Waals surface area contributed by atoms with Crippen LogP contribution in [0.15, 0.2) is 42.5 Å². The van der Waals surface area contributed by atoms with Gasteiger partial charge >= 0.3 is 6.09 Å². The molecule has 0 aromatic heterocycles. The summed E-state index contributed by atoms with van der Waals surface area (Å²) in [6.07, 6.45) is 2.65. The van der Waals surface area contributed by atoms with Gasteiger partial charge in [0, 0.05) is 41.6 Å². The van der Waals surface area contributed by atoms with Crippen LogP contribution < -0.4 is 10.1 Å². The third kappa shape index (κ3) is 6.81. The van der Waals surface area contributed by atoms with Crippen LogP contribution in [0.5, 0.6) is 5.75 Å². The summed E-state index contributed by atoms with van der Waals surface area (Å²) in [6.45, 7) is 15.5. The average molecular weight is 580 g/mol. The molecule has 8 heteroatoms. The number of rotatable bonds is 8. The van der Waals surface area contributed by atoms with E-state index in [4.69, 9.17) is 26.3 Å².